The van der Waals surface area contributed by atoms with Crippen LogP contribution < -0.4 is 0 Å². The Bertz CT molecular complexity index is 201. The second-order valence-corrected chi connectivity index (χ2v) is 10.1. The lowest BCUT2D eigenvalue weighted by Crippen LogP contribution is -2.27. The van der Waals surface area contributed by atoms with Crippen LogP contribution in [0, 0.1) is 5.41 Å². The number of amidine groups is 1. The smallest absolute Gasteiger partial charge is 0.141 e. The fourth-order valence-corrected chi connectivity index (χ4v) is 1.53. The van der Waals surface area contributed by atoms with E-state index in [9.17, 15) is 0 Å². The van der Waals surface area contributed by atoms with Gasteiger partial charge in [0.15, 0.2) is 0 Å². The van der Waals surface area contributed by atoms with Crippen molar-refractivity contribution in [1.82, 2.24) is 5.01 Å². The normalized spacial score (nSPS) is 11.1. The van der Waals surface area contributed by atoms with Crippen LogP contribution in [-0.4, -0.2) is 39.0 Å². The molecule has 0 aromatic carbocycles. The molecule has 0 bridgehead atoms. The highest BCUT2D eigenvalue weighted by Gasteiger charge is 2.12. The molecule has 0 amide bonds. The lowest BCUT2D eigenvalue weighted by atomic mass is 10.7. The molecule has 0 atom stereocenters. The number of hydrazone groups is 1. The van der Waals surface area contributed by atoms with Crippen LogP contribution in [0.1, 0.15) is 6.92 Å². The number of ether oxygens (including phenoxy) is 1. The van der Waals surface area contributed by atoms with E-state index in [0.717, 1.165) is 12.7 Å². The summed E-state index contributed by atoms with van der Waals surface area (Å²) in [6.45, 7) is 13.0. The molecule has 0 aliphatic rings. The van der Waals surface area contributed by atoms with E-state index in [4.69, 9.17) is 10.1 Å². The summed E-state index contributed by atoms with van der Waals surface area (Å²) < 4.78 is 5.41. The SMILES string of the molecule is C=NN(COCC[Si](C)(C)C)C(C)=N. The summed E-state index contributed by atoms with van der Waals surface area (Å²) in [6, 6.07) is 1.13. The first-order valence-electron chi connectivity index (χ1n) is 4.74. The molecule has 0 heterocycles. The quantitative estimate of drug-likeness (QED) is 0.184. The lowest BCUT2D eigenvalue weighted by molar-refractivity contribution is 0.0747. The fourth-order valence-electron chi connectivity index (χ4n) is 0.773. The van der Waals surface area contributed by atoms with Gasteiger partial charge in [-0.05, 0) is 13.0 Å². The predicted octanol–water partition coefficient (Wildman–Crippen LogP) is 2.21. The third kappa shape index (κ3) is 6.79. The molecular formula is C9H21N3OSi. The minimum atomic E-state index is -1.01. The molecule has 14 heavy (non-hydrogen) atoms. The predicted molar refractivity (Wildman–Crippen MR) is 63.8 cm³/mol. The van der Waals surface area contributed by atoms with Crippen LogP contribution in [0.5, 0.6) is 0 Å². The maximum atomic E-state index is 7.33. The molecule has 0 unspecified atom stereocenters. The first-order valence-corrected chi connectivity index (χ1v) is 8.44. The van der Waals surface area contributed by atoms with Gasteiger partial charge in [0.05, 0.1) is 0 Å². The molecule has 0 fully saturated rings. The van der Waals surface area contributed by atoms with Crippen LogP contribution in [0.15, 0.2) is 5.10 Å². The zero-order valence-electron chi connectivity index (χ0n) is 9.63. The zero-order chi connectivity index (χ0) is 11.2. The topological polar surface area (TPSA) is 48.7 Å². The third-order valence-electron chi connectivity index (χ3n) is 1.77. The fraction of sp³-hybridized carbons (Fsp3) is 0.778. The second-order valence-electron chi connectivity index (χ2n) is 4.47. The monoisotopic (exact) mass is 215 g/mol. The molecule has 0 radical (unpaired) electrons. The Hall–Kier alpha value is -0.683. The highest BCUT2D eigenvalue weighted by molar-refractivity contribution is 6.76. The van der Waals surface area contributed by atoms with Crippen LogP contribution in [0.25, 0.3) is 0 Å². The summed E-state index contributed by atoms with van der Waals surface area (Å²) in [5.41, 5.74) is 0. The molecule has 0 aromatic heterocycles. The Morgan fingerprint density at radius 1 is 1.50 bits per heavy atom. The van der Waals surface area contributed by atoms with Crippen molar-refractivity contribution in [2.24, 2.45) is 5.10 Å². The van der Waals surface area contributed by atoms with Crippen molar-refractivity contribution in [2.75, 3.05) is 13.3 Å². The molecule has 4 nitrogen and oxygen atoms in total. The van der Waals surface area contributed by atoms with Gasteiger partial charge >= 0.3 is 0 Å². The van der Waals surface area contributed by atoms with Crippen molar-refractivity contribution in [3.05, 3.63) is 0 Å². The van der Waals surface area contributed by atoms with Gasteiger partial charge in [-0.15, -0.1) is 0 Å². The van der Waals surface area contributed by atoms with Crippen molar-refractivity contribution in [3.8, 4) is 0 Å². The highest BCUT2D eigenvalue weighted by Crippen LogP contribution is 2.07. The highest BCUT2D eigenvalue weighted by atomic mass is 28.3. The minimum Gasteiger partial charge on any atom is -0.359 e. The van der Waals surface area contributed by atoms with Crippen molar-refractivity contribution >= 4 is 20.6 Å². The molecule has 0 rings (SSSR count). The van der Waals surface area contributed by atoms with E-state index in [1.54, 1.807) is 6.92 Å². The zero-order valence-corrected chi connectivity index (χ0v) is 10.6. The molecule has 0 saturated heterocycles. The maximum Gasteiger partial charge on any atom is 0.141 e. The largest absolute Gasteiger partial charge is 0.359 e. The second kappa shape index (κ2) is 5.92. The number of nitrogens with one attached hydrogen (secondary N) is 1. The molecule has 0 aliphatic heterocycles. The number of hydrogen-bond acceptors (Lipinski definition) is 3. The van der Waals surface area contributed by atoms with E-state index in [2.05, 4.69) is 31.5 Å². The molecule has 0 aromatic rings. The Morgan fingerprint density at radius 2 is 2.07 bits per heavy atom. The number of rotatable bonds is 6. The summed E-state index contributed by atoms with van der Waals surface area (Å²) in [5.74, 6) is 0.355. The summed E-state index contributed by atoms with van der Waals surface area (Å²) in [6.07, 6.45) is 0. The van der Waals surface area contributed by atoms with E-state index in [1.807, 2.05) is 0 Å². The molecule has 5 heteroatoms. The van der Waals surface area contributed by atoms with Crippen LogP contribution in [0.4, 0.5) is 0 Å². The standard InChI is InChI=1S/C9H21N3OSi/c1-9(10)12(11-2)8-13-6-7-14(3,4)5/h10H,2,6-8H2,1,3-5H3. The summed E-state index contributed by atoms with van der Waals surface area (Å²) in [5, 5.41) is 12.4. The Labute approximate surface area is 87.5 Å². The Kier molecular flexibility index (Phi) is 5.64. The van der Waals surface area contributed by atoms with Crippen LogP contribution in [0.3, 0.4) is 0 Å². The first-order chi connectivity index (χ1) is 6.37. The number of nitrogens with zero attached hydrogens (tertiary/aromatic N) is 2. The van der Waals surface area contributed by atoms with Gasteiger partial charge < -0.3 is 4.74 Å². The summed E-state index contributed by atoms with van der Waals surface area (Å²) in [7, 11) is -1.01. The van der Waals surface area contributed by atoms with Crippen LogP contribution >= 0.6 is 0 Å². The Morgan fingerprint density at radius 3 is 2.43 bits per heavy atom. The van der Waals surface area contributed by atoms with E-state index >= 15 is 0 Å². The summed E-state index contributed by atoms with van der Waals surface area (Å²) >= 11 is 0. The van der Waals surface area contributed by atoms with Gasteiger partial charge in [0.1, 0.15) is 12.6 Å². The van der Waals surface area contributed by atoms with Gasteiger partial charge in [-0.25, -0.2) is 5.01 Å². The van der Waals surface area contributed by atoms with Gasteiger partial charge in [0.25, 0.3) is 0 Å². The number of hydrogen-bond donors (Lipinski definition) is 1. The Balaban J connectivity index is 3.63. The maximum absolute atomic E-state index is 7.33. The van der Waals surface area contributed by atoms with E-state index in [1.165, 1.54) is 5.01 Å². The molecule has 82 valence electrons. The third-order valence-corrected chi connectivity index (χ3v) is 3.47. The van der Waals surface area contributed by atoms with Gasteiger partial charge in [-0.3, -0.25) is 5.41 Å². The molecule has 1 N–H and O–H groups in total. The van der Waals surface area contributed by atoms with Crippen molar-refractivity contribution in [3.63, 3.8) is 0 Å². The summed E-state index contributed by atoms with van der Waals surface area (Å²) in [4.78, 5) is 0. The van der Waals surface area contributed by atoms with E-state index in [0.29, 0.717) is 12.6 Å². The average Bonchev–Trinajstić information content (AvgIpc) is 2.01. The molecule has 0 saturated carbocycles. The van der Waals surface area contributed by atoms with Crippen LogP contribution in [-0.2, 0) is 4.74 Å². The van der Waals surface area contributed by atoms with Crippen molar-refractivity contribution in [2.45, 2.75) is 32.6 Å². The first kappa shape index (κ1) is 13.3. The lowest BCUT2D eigenvalue weighted by Gasteiger charge is -2.19. The molecule has 0 aliphatic carbocycles. The molecular weight excluding hydrogens is 194 g/mol. The van der Waals surface area contributed by atoms with Gasteiger partial charge in [0, 0.05) is 21.4 Å². The van der Waals surface area contributed by atoms with Crippen molar-refractivity contribution in [1.29, 1.82) is 5.41 Å². The van der Waals surface area contributed by atoms with Gasteiger partial charge in [-0.2, -0.15) is 5.10 Å². The molecule has 0 spiro atoms. The van der Waals surface area contributed by atoms with Crippen molar-refractivity contribution < 1.29 is 4.74 Å². The van der Waals surface area contributed by atoms with E-state index in [-0.39, 0.29) is 0 Å². The average molecular weight is 215 g/mol. The van der Waals surface area contributed by atoms with Gasteiger partial charge in [-0.1, -0.05) is 19.6 Å². The van der Waals surface area contributed by atoms with E-state index < -0.39 is 8.07 Å². The minimum absolute atomic E-state index is 0.337. The van der Waals surface area contributed by atoms with Gasteiger partial charge in [0.2, 0.25) is 0 Å². The van der Waals surface area contributed by atoms with Crippen LogP contribution in [0.2, 0.25) is 25.7 Å².